The Bertz CT molecular complexity index is 6.00. The molecule has 4 heteroatoms. The maximum absolute atomic E-state index is 2.00. The van der Waals surface area contributed by atoms with E-state index in [1.807, 2.05) is 15.5 Å². The minimum atomic E-state index is 0. The van der Waals surface area contributed by atoms with Crippen molar-refractivity contribution in [1.82, 2.24) is 0 Å². The van der Waals surface area contributed by atoms with Crippen LogP contribution in [-0.4, -0.2) is 32.8 Å². The molecule has 0 amide bonds. The van der Waals surface area contributed by atoms with E-state index in [1.54, 1.807) is 0 Å². The molecule has 0 saturated heterocycles. The molecule has 1 radical (unpaired) electrons. The third kappa shape index (κ3) is 9.98. The van der Waals surface area contributed by atoms with Crippen LogP contribution in [0.1, 0.15) is 0 Å². The van der Waals surface area contributed by atoms with Gasteiger partial charge in [0.25, 0.3) is 0 Å². The summed E-state index contributed by atoms with van der Waals surface area (Å²) in [6.45, 7) is 0. The van der Waals surface area contributed by atoms with E-state index in [9.17, 15) is 0 Å². The van der Waals surface area contributed by atoms with Crippen LogP contribution in [0.15, 0.2) is 0 Å². The van der Waals surface area contributed by atoms with E-state index in [4.69, 9.17) is 0 Å². The largest absolute Gasteiger partial charge is 0.187 e. The van der Waals surface area contributed by atoms with Gasteiger partial charge in [0, 0.05) is 22.4 Å². The van der Waals surface area contributed by atoms with Gasteiger partial charge in [0.1, 0.15) is 0 Å². The Morgan fingerprint density at radius 2 is 1.00 bits per heavy atom. The summed E-state index contributed by atoms with van der Waals surface area (Å²) >= 11 is 0. The summed E-state index contributed by atoms with van der Waals surface area (Å²) in [5, 5.41) is 0. The summed E-state index contributed by atoms with van der Waals surface area (Å²) in [4.78, 5) is 0. The molecule has 0 saturated carbocycles. The summed E-state index contributed by atoms with van der Waals surface area (Å²) in [6.07, 6.45) is 0. The minimum absolute atomic E-state index is 0. The molecule has 0 nitrogen and oxygen atoms in total. The van der Waals surface area contributed by atoms with E-state index in [1.165, 1.54) is 0 Å². The minimum Gasteiger partial charge on any atom is 0 e. The van der Waals surface area contributed by atoms with Crippen molar-refractivity contribution >= 4 is 32.8 Å². The SMILES string of the molecule is BB.[AlH3].[Nb]. The monoisotopic (exact) mass is 149 g/mol. The molecule has 0 aliphatic heterocycles. The first kappa shape index (κ1) is 18.1. The molecule has 0 aromatic rings. The molecule has 0 unspecified atom stereocenters. The van der Waals surface area contributed by atoms with Crippen LogP contribution in [0.4, 0.5) is 0 Å². The van der Waals surface area contributed by atoms with Gasteiger partial charge in [-0.15, -0.1) is 0 Å². The molecule has 21 valence electrons. The van der Waals surface area contributed by atoms with Crippen molar-refractivity contribution in [3.63, 3.8) is 0 Å². The number of rotatable bonds is 0. The predicted molar refractivity (Wildman–Crippen MR) is 27.0 cm³/mol. The molecule has 0 rings (SSSR count). The Labute approximate surface area is 55.2 Å². The van der Waals surface area contributed by atoms with Gasteiger partial charge in [0.05, 0.1) is 15.5 Å². The van der Waals surface area contributed by atoms with Crippen LogP contribution in [0.2, 0.25) is 0 Å². The molecule has 0 bridgehead atoms. The van der Waals surface area contributed by atoms with Crippen molar-refractivity contribution in [1.29, 1.82) is 0 Å². The first-order chi connectivity index (χ1) is 1.00. The van der Waals surface area contributed by atoms with E-state index < -0.39 is 0 Å². The average molecular weight is 149 g/mol. The average Bonchev–Trinajstić information content (AvgIpc) is 1.00. The number of hydrogen-bond acceptors (Lipinski definition) is 0. The van der Waals surface area contributed by atoms with Gasteiger partial charge in [-0.3, -0.25) is 0 Å². The van der Waals surface area contributed by atoms with Crippen molar-refractivity contribution in [2.45, 2.75) is 0 Å². The Kier molecular flexibility index (Phi) is 118. The third-order valence-electron chi connectivity index (χ3n) is 0. The summed E-state index contributed by atoms with van der Waals surface area (Å²) in [5.41, 5.74) is 0. The second-order valence-electron chi connectivity index (χ2n) is 0. The Hall–Kier alpha value is 1.40. The van der Waals surface area contributed by atoms with Gasteiger partial charge in [0.15, 0.2) is 17.4 Å². The molecule has 0 fully saturated rings. The van der Waals surface area contributed by atoms with E-state index in [2.05, 4.69) is 0 Å². The molecule has 0 spiro atoms. The van der Waals surface area contributed by atoms with Gasteiger partial charge in [0.2, 0.25) is 0 Å². The first-order valence-electron chi connectivity index (χ1n) is 1.00. The van der Waals surface area contributed by atoms with Crippen LogP contribution in [0, 0.1) is 0 Å². The van der Waals surface area contributed by atoms with E-state index in [0.29, 0.717) is 0 Å². The van der Waals surface area contributed by atoms with Gasteiger partial charge in [-0.25, -0.2) is 0 Å². The van der Waals surface area contributed by atoms with Crippen molar-refractivity contribution in [2.75, 3.05) is 0 Å². The van der Waals surface area contributed by atoms with Crippen molar-refractivity contribution < 1.29 is 22.4 Å². The quantitative estimate of drug-likeness (QED) is 0.321. The van der Waals surface area contributed by atoms with Gasteiger partial charge in [-0.2, -0.15) is 0 Å². The first-order valence-corrected chi connectivity index (χ1v) is 1.00. The van der Waals surface area contributed by atoms with Crippen LogP contribution < -0.4 is 0 Å². The molecule has 4 heavy (non-hydrogen) atoms. The fraction of sp³-hybridized carbons (Fsp3) is 0. The van der Waals surface area contributed by atoms with Gasteiger partial charge in [-0.05, 0) is 0 Å². The fourth-order valence-electron chi connectivity index (χ4n) is 0. The molecular weight excluding hydrogens is 142 g/mol. The van der Waals surface area contributed by atoms with E-state index in [-0.39, 0.29) is 39.7 Å². The molecule has 0 aliphatic rings. The Morgan fingerprint density at radius 3 is 1.00 bits per heavy atom. The van der Waals surface area contributed by atoms with E-state index >= 15 is 0 Å². The Morgan fingerprint density at radius 1 is 1.00 bits per heavy atom. The smallest absolute Gasteiger partial charge is 0 e. The predicted octanol–water partition coefficient (Wildman–Crippen LogP) is -3.02. The van der Waals surface area contributed by atoms with Crippen molar-refractivity contribution in [2.24, 2.45) is 0 Å². The van der Waals surface area contributed by atoms with Crippen LogP contribution >= 0.6 is 0 Å². The maximum Gasteiger partial charge on any atom is 0.187 e. The van der Waals surface area contributed by atoms with Crippen LogP contribution in [0.25, 0.3) is 0 Å². The maximum atomic E-state index is 2.00. The van der Waals surface area contributed by atoms with Gasteiger partial charge < -0.3 is 0 Å². The van der Waals surface area contributed by atoms with E-state index in [0.717, 1.165) is 0 Å². The molecular formula is H7AlB2Nb. The topological polar surface area (TPSA) is 0 Å². The molecule has 0 N–H and O–H groups in total. The molecule has 0 aromatic carbocycles. The summed E-state index contributed by atoms with van der Waals surface area (Å²) < 4.78 is 0. The summed E-state index contributed by atoms with van der Waals surface area (Å²) in [5.74, 6) is 0. The van der Waals surface area contributed by atoms with Crippen molar-refractivity contribution in [3.8, 4) is 0 Å². The standard InChI is InChI=1S/Al.B2H4.Nb.3H/c;1-2;;;;/h;1-2H2;;;;. The third-order valence-corrected chi connectivity index (χ3v) is 0. The zero-order valence-electron chi connectivity index (χ0n) is 2.45. The van der Waals surface area contributed by atoms with Crippen LogP contribution in [0.3, 0.4) is 0 Å². The van der Waals surface area contributed by atoms with Crippen LogP contribution in [-0.2, 0) is 22.4 Å². The second kappa shape index (κ2) is 25.9. The van der Waals surface area contributed by atoms with Crippen molar-refractivity contribution in [3.05, 3.63) is 0 Å². The second-order valence-corrected chi connectivity index (χ2v) is 0. The molecule has 0 aliphatic carbocycles. The normalized spacial score (nSPS) is 1.00. The molecule has 0 atom stereocenters. The fourth-order valence-corrected chi connectivity index (χ4v) is 0. The summed E-state index contributed by atoms with van der Waals surface area (Å²) in [6, 6.07) is 0. The molecule has 0 heterocycles. The zero-order chi connectivity index (χ0) is 2.00. The summed E-state index contributed by atoms with van der Waals surface area (Å²) in [7, 11) is 4.00. The van der Waals surface area contributed by atoms with Gasteiger partial charge >= 0.3 is 0 Å². The van der Waals surface area contributed by atoms with Crippen LogP contribution in [0.5, 0.6) is 0 Å². The Balaban J connectivity index is -0.00000000500. The number of hydrogen-bond donors (Lipinski definition) is 0. The van der Waals surface area contributed by atoms with Gasteiger partial charge in [-0.1, -0.05) is 0 Å². The molecule has 0 aromatic heterocycles. The zero-order valence-corrected chi connectivity index (χ0v) is 4.65.